The van der Waals surface area contributed by atoms with Crippen LogP contribution in [0.5, 0.6) is 0 Å². The summed E-state index contributed by atoms with van der Waals surface area (Å²) < 4.78 is 4.78. The molecule has 4 nitrogen and oxygen atoms in total. The number of aromatic nitrogens is 4. The van der Waals surface area contributed by atoms with Crippen LogP contribution in [0.25, 0.3) is 99.7 Å². The first-order valence-electron chi connectivity index (χ1n) is 18.3. The first-order chi connectivity index (χ1) is 26.8. The minimum absolute atomic E-state index is 0.701. The van der Waals surface area contributed by atoms with Gasteiger partial charge in [0.25, 0.3) is 0 Å². The van der Waals surface area contributed by atoms with E-state index in [0.717, 1.165) is 50.1 Å². The Morgan fingerprint density at radius 2 is 0.796 bits per heavy atom. The number of rotatable bonds is 5. The van der Waals surface area contributed by atoms with E-state index in [1.165, 1.54) is 43.7 Å². The lowest BCUT2D eigenvalue weighted by Gasteiger charge is -2.12. The van der Waals surface area contributed by atoms with Crippen molar-refractivity contribution in [1.82, 2.24) is 19.1 Å². The van der Waals surface area contributed by atoms with Crippen LogP contribution >= 0.6 is 0 Å². The summed E-state index contributed by atoms with van der Waals surface area (Å²) in [5, 5.41) is 5.92. The number of benzene rings is 8. The highest BCUT2D eigenvalue weighted by Crippen LogP contribution is 2.40. The van der Waals surface area contributed by atoms with Crippen molar-refractivity contribution in [2.45, 2.75) is 0 Å². The molecule has 0 bridgehead atoms. The second-order valence-corrected chi connectivity index (χ2v) is 13.8. The molecule has 0 amide bonds. The van der Waals surface area contributed by atoms with Gasteiger partial charge in [0.1, 0.15) is 0 Å². The van der Waals surface area contributed by atoms with Gasteiger partial charge in [-0.2, -0.15) is 0 Å². The zero-order chi connectivity index (χ0) is 35.6. The lowest BCUT2D eigenvalue weighted by atomic mass is 10.0. The van der Waals surface area contributed by atoms with E-state index in [1.807, 2.05) is 12.1 Å². The molecule has 0 saturated carbocycles. The third kappa shape index (κ3) is 4.78. The number of hydrogen-bond donors (Lipinski definition) is 0. The number of hydrogen-bond acceptors (Lipinski definition) is 2. The molecule has 54 heavy (non-hydrogen) atoms. The predicted octanol–water partition coefficient (Wildman–Crippen LogP) is 12.8. The molecule has 3 aromatic heterocycles. The molecular weight excluding hydrogens is 657 g/mol. The number of nitrogens with zero attached hydrogens (tertiary/aromatic N) is 4. The van der Waals surface area contributed by atoms with E-state index in [1.54, 1.807) is 0 Å². The molecule has 0 aliphatic carbocycles. The van der Waals surface area contributed by atoms with Gasteiger partial charge in [0.15, 0.2) is 5.82 Å². The quantitative estimate of drug-likeness (QED) is 0.180. The van der Waals surface area contributed by atoms with Gasteiger partial charge >= 0.3 is 0 Å². The molecular formula is C50H32N4. The van der Waals surface area contributed by atoms with Gasteiger partial charge < -0.3 is 9.13 Å². The molecule has 0 saturated heterocycles. The van der Waals surface area contributed by atoms with Gasteiger partial charge in [-0.25, -0.2) is 9.97 Å². The van der Waals surface area contributed by atoms with Crippen LogP contribution in [-0.4, -0.2) is 19.1 Å². The third-order valence-electron chi connectivity index (χ3n) is 10.7. The van der Waals surface area contributed by atoms with Crippen molar-refractivity contribution in [2.75, 3.05) is 0 Å². The normalized spacial score (nSPS) is 11.7. The summed E-state index contributed by atoms with van der Waals surface area (Å²) >= 11 is 0. The van der Waals surface area contributed by atoms with Crippen LogP contribution in [0, 0.1) is 0 Å². The predicted molar refractivity (Wildman–Crippen MR) is 225 cm³/mol. The van der Waals surface area contributed by atoms with Gasteiger partial charge in [0.05, 0.1) is 33.3 Å². The Balaban J connectivity index is 1.10. The molecule has 252 valence electrons. The van der Waals surface area contributed by atoms with E-state index < -0.39 is 0 Å². The summed E-state index contributed by atoms with van der Waals surface area (Å²) in [6.07, 6.45) is 0. The van der Waals surface area contributed by atoms with Crippen LogP contribution in [0.2, 0.25) is 0 Å². The highest BCUT2D eigenvalue weighted by Gasteiger charge is 2.19. The standard InChI is InChI=1S/C50H32N4/c1-3-14-33(15-4-1)34-26-28-35(29-27-34)49-41-22-7-10-23-44(41)51-50(52-49)36-16-13-19-38(30-36)54-46-25-12-9-21-40(46)43-31-47-42(32-48(43)54)39-20-8-11-24-45(39)53(47)37-17-5-2-6-18-37/h1-32H. The Morgan fingerprint density at radius 3 is 1.48 bits per heavy atom. The van der Waals surface area contributed by atoms with Gasteiger partial charge in [0.2, 0.25) is 0 Å². The second kappa shape index (κ2) is 12.1. The van der Waals surface area contributed by atoms with Crippen molar-refractivity contribution in [3.05, 3.63) is 194 Å². The fourth-order valence-corrected chi connectivity index (χ4v) is 8.22. The minimum Gasteiger partial charge on any atom is -0.309 e. The molecule has 0 fully saturated rings. The van der Waals surface area contributed by atoms with E-state index in [0.29, 0.717) is 5.82 Å². The van der Waals surface area contributed by atoms with Crippen LogP contribution in [-0.2, 0) is 0 Å². The van der Waals surface area contributed by atoms with Crippen molar-refractivity contribution < 1.29 is 0 Å². The summed E-state index contributed by atoms with van der Waals surface area (Å²) in [5.74, 6) is 0.701. The van der Waals surface area contributed by atoms with Crippen molar-refractivity contribution >= 4 is 54.5 Å². The van der Waals surface area contributed by atoms with Crippen LogP contribution < -0.4 is 0 Å². The molecule has 0 unspecified atom stereocenters. The molecule has 8 aromatic carbocycles. The van der Waals surface area contributed by atoms with Crippen molar-refractivity contribution in [3.8, 4) is 45.1 Å². The summed E-state index contributed by atoms with van der Waals surface area (Å²) in [6, 6.07) is 69.0. The van der Waals surface area contributed by atoms with Gasteiger partial charge in [-0.3, -0.25) is 0 Å². The van der Waals surface area contributed by atoms with Gasteiger partial charge in [-0.1, -0.05) is 140 Å². The lowest BCUT2D eigenvalue weighted by molar-refractivity contribution is 1.17. The maximum atomic E-state index is 5.27. The Hall–Kier alpha value is -7.30. The summed E-state index contributed by atoms with van der Waals surface area (Å²) in [7, 11) is 0. The van der Waals surface area contributed by atoms with E-state index in [4.69, 9.17) is 9.97 Å². The number of fused-ring (bicyclic) bond motifs is 7. The first kappa shape index (κ1) is 30.3. The van der Waals surface area contributed by atoms with Gasteiger partial charge in [-0.15, -0.1) is 0 Å². The Bertz CT molecular complexity index is 3190. The second-order valence-electron chi connectivity index (χ2n) is 13.8. The van der Waals surface area contributed by atoms with Crippen molar-refractivity contribution in [3.63, 3.8) is 0 Å². The zero-order valence-corrected chi connectivity index (χ0v) is 29.3. The fraction of sp³-hybridized carbons (Fsp3) is 0. The molecule has 0 aliphatic rings. The highest BCUT2D eigenvalue weighted by atomic mass is 15.0. The fourth-order valence-electron chi connectivity index (χ4n) is 8.22. The van der Waals surface area contributed by atoms with Gasteiger partial charge in [-0.05, 0) is 65.7 Å². The molecule has 11 aromatic rings. The molecule has 0 spiro atoms. The van der Waals surface area contributed by atoms with Crippen molar-refractivity contribution in [1.29, 1.82) is 0 Å². The van der Waals surface area contributed by atoms with Crippen LogP contribution in [0.4, 0.5) is 0 Å². The molecule has 0 atom stereocenters. The van der Waals surface area contributed by atoms with Crippen LogP contribution in [0.3, 0.4) is 0 Å². The molecule has 0 N–H and O–H groups in total. The summed E-state index contributed by atoms with van der Waals surface area (Å²) in [6.45, 7) is 0. The lowest BCUT2D eigenvalue weighted by Crippen LogP contribution is -1.98. The van der Waals surface area contributed by atoms with E-state index in [9.17, 15) is 0 Å². The average molecular weight is 689 g/mol. The Morgan fingerprint density at radius 1 is 0.296 bits per heavy atom. The summed E-state index contributed by atoms with van der Waals surface area (Å²) in [4.78, 5) is 10.4. The third-order valence-corrected chi connectivity index (χ3v) is 10.7. The average Bonchev–Trinajstić information content (AvgIpc) is 3.75. The van der Waals surface area contributed by atoms with E-state index in [2.05, 4.69) is 191 Å². The highest BCUT2D eigenvalue weighted by molar-refractivity contribution is 6.19. The maximum absolute atomic E-state index is 5.27. The minimum atomic E-state index is 0.701. The zero-order valence-electron chi connectivity index (χ0n) is 29.3. The molecule has 11 rings (SSSR count). The Kier molecular flexibility index (Phi) is 6.82. The molecule has 3 heterocycles. The van der Waals surface area contributed by atoms with Crippen molar-refractivity contribution in [2.24, 2.45) is 0 Å². The SMILES string of the molecule is c1ccc(-c2ccc(-c3nc(-c4cccc(-n5c6ccccc6c6cc7c(cc65)c5ccccc5n7-c5ccccc5)c4)nc4ccccc34)cc2)cc1. The van der Waals surface area contributed by atoms with Crippen LogP contribution in [0.15, 0.2) is 194 Å². The van der Waals surface area contributed by atoms with Gasteiger partial charge in [0, 0.05) is 49.4 Å². The molecule has 0 aliphatic heterocycles. The smallest absolute Gasteiger partial charge is 0.160 e. The topological polar surface area (TPSA) is 35.6 Å². The Labute approximate surface area is 311 Å². The largest absolute Gasteiger partial charge is 0.309 e. The molecule has 4 heteroatoms. The van der Waals surface area contributed by atoms with E-state index >= 15 is 0 Å². The molecule has 0 radical (unpaired) electrons. The van der Waals surface area contributed by atoms with E-state index in [-0.39, 0.29) is 0 Å². The maximum Gasteiger partial charge on any atom is 0.160 e. The monoisotopic (exact) mass is 688 g/mol. The summed E-state index contributed by atoms with van der Waals surface area (Å²) in [5.41, 5.74) is 13.2. The van der Waals surface area contributed by atoms with Crippen LogP contribution in [0.1, 0.15) is 0 Å². The number of para-hydroxylation sites is 4. The first-order valence-corrected chi connectivity index (χ1v) is 18.3.